The summed E-state index contributed by atoms with van der Waals surface area (Å²) in [7, 11) is 0. The number of carbonyl (C=O) groups excluding carboxylic acids is 1. The molecule has 1 aliphatic heterocycles. The molecular formula is C15H24N2O4. The van der Waals surface area contributed by atoms with Gasteiger partial charge in [-0.25, -0.2) is 4.79 Å². The van der Waals surface area contributed by atoms with Crippen molar-refractivity contribution >= 4 is 17.6 Å². The first-order valence-electron chi connectivity index (χ1n) is 7.46. The molecule has 0 aromatic rings. The smallest absolute Gasteiger partial charge is 0.381 e. The molecule has 1 saturated carbocycles. The second kappa shape index (κ2) is 5.66. The number of carbonyl (C=O) groups is 1. The van der Waals surface area contributed by atoms with E-state index in [1.807, 2.05) is 6.92 Å². The second-order valence-corrected chi connectivity index (χ2v) is 6.57. The summed E-state index contributed by atoms with van der Waals surface area (Å²) in [4.78, 5) is 23.0. The van der Waals surface area contributed by atoms with Gasteiger partial charge >= 0.3 is 5.97 Å². The van der Waals surface area contributed by atoms with E-state index >= 15 is 0 Å². The Labute approximate surface area is 125 Å². The molecule has 2 unspecified atom stereocenters. The Morgan fingerprint density at radius 1 is 1.52 bits per heavy atom. The summed E-state index contributed by atoms with van der Waals surface area (Å²) in [6, 6.07) is 0. The fourth-order valence-electron chi connectivity index (χ4n) is 3.00. The number of fused-ring (bicyclic) bond motifs is 1. The van der Waals surface area contributed by atoms with Crippen LogP contribution in [0.1, 0.15) is 53.9 Å². The predicted molar refractivity (Wildman–Crippen MR) is 78.9 cm³/mol. The van der Waals surface area contributed by atoms with Crippen LogP contribution in [-0.4, -0.2) is 29.8 Å². The Morgan fingerprint density at radius 2 is 2.24 bits per heavy atom. The zero-order valence-corrected chi connectivity index (χ0v) is 13.4. The molecule has 1 fully saturated rings. The maximum atomic E-state index is 12.4. The van der Waals surface area contributed by atoms with Gasteiger partial charge in [0.2, 0.25) is 11.5 Å². The molecule has 0 spiro atoms. The average molecular weight is 296 g/mol. The van der Waals surface area contributed by atoms with E-state index in [9.17, 15) is 4.79 Å². The molecule has 0 saturated heterocycles. The summed E-state index contributed by atoms with van der Waals surface area (Å²) in [5.74, 6) is -0.175. The number of oxime groups is 2. The van der Waals surface area contributed by atoms with Gasteiger partial charge in [0.15, 0.2) is 0 Å². The van der Waals surface area contributed by atoms with Gasteiger partial charge in [0, 0.05) is 18.8 Å². The average Bonchev–Trinajstić information content (AvgIpc) is 2.93. The molecule has 21 heavy (non-hydrogen) atoms. The first-order valence-corrected chi connectivity index (χ1v) is 7.46. The highest BCUT2D eigenvalue weighted by atomic mass is 16.7. The molecule has 1 heterocycles. The molecule has 1 aliphatic carbocycles. The molecule has 0 bridgehead atoms. The topological polar surface area (TPSA) is 69.5 Å². The van der Waals surface area contributed by atoms with Crippen molar-refractivity contribution in [2.45, 2.75) is 59.5 Å². The van der Waals surface area contributed by atoms with Crippen LogP contribution in [0.3, 0.4) is 0 Å². The number of nitrogens with zero attached hydrogens (tertiary/aromatic N) is 2. The van der Waals surface area contributed by atoms with Crippen molar-refractivity contribution in [1.82, 2.24) is 0 Å². The summed E-state index contributed by atoms with van der Waals surface area (Å²) in [6.45, 7) is 10.2. The van der Waals surface area contributed by atoms with Crippen molar-refractivity contribution in [3.63, 3.8) is 0 Å². The van der Waals surface area contributed by atoms with E-state index < -0.39 is 11.6 Å². The van der Waals surface area contributed by atoms with Gasteiger partial charge in [0.05, 0.1) is 18.2 Å². The number of hydrogen-bond acceptors (Lipinski definition) is 6. The lowest BCUT2D eigenvalue weighted by Crippen LogP contribution is -2.45. The van der Waals surface area contributed by atoms with Gasteiger partial charge in [0.1, 0.15) is 0 Å². The Balaban J connectivity index is 2.12. The van der Waals surface area contributed by atoms with Crippen molar-refractivity contribution in [2.24, 2.45) is 21.6 Å². The second-order valence-electron chi connectivity index (χ2n) is 6.57. The molecule has 0 N–H and O–H groups in total. The van der Waals surface area contributed by atoms with E-state index in [4.69, 9.17) is 14.4 Å². The molecule has 2 aliphatic rings. The third-order valence-corrected chi connectivity index (χ3v) is 3.97. The first-order chi connectivity index (χ1) is 9.81. The highest BCUT2D eigenvalue weighted by Crippen LogP contribution is 2.48. The Morgan fingerprint density at radius 3 is 2.86 bits per heavy atom. The van der Waals surface area contributed by atoms with Crippen molar-refractivity contribution in [3.05, 3.63) is 0 Å². The van der Waals surface area contributed by atoms with E-state index in [1.54, 1.807) is 6.92 Å². The van der Waals surface area contributed by atoms with Crippen molar-refractivity contribution in [3.8, 4) is 0 Å². The third kappa shape index (κ3) is 2.89. The van der Waals surface area contributed by atoms with Gasteiger partial charge in [-0.15, -0.1) is 0 Å². The molecule has 2 atom stereocenters. The van der Waals surface area contributed by atoms with Crippen LogP contribution in [0.5, 0.6) is 0 Å². The van der Waals surface area contributed by atoms with Gasteiger partial charge in [-0.3, -0.25) is 0 Å². The lowest BCUT2D eigenvalue weighted by molar-refractivity contribution is -0.172. The monoisotopic (exact) mass is 296 g/mol. The summed E-state index contributed by atoms with van der Waals surface area (Å²) in [5.41, 5.74) is -0.192. The molecule has 0 radical (unpaired) electrons. The van der Waals surface area contributed by atoms with E-state index in [2.05, 4.69) is 31.1 Å². The first kappa shape index (κ1) is 15.8. The van der Waals surface area contributed by atoms with Crippen LogP contribution in [0, 0.1) is 11.3 Å². The fourth-order valence-corrected chi connectivity index (χ4v) is 3.00. The molecular weight excluding hydrogens is 272 g/mol. The standard InChI is InChI=1S/C15H24N2O4/c1-6-19-10(2)16-20-13(18)15-9-7-8-11(15)12(17-21-15)14(3,4)5/h11H,6-9H2,1-5H3/b16-10+. The SMILES string of the molecule is CCO/C(C)=N/OC(=O)C12CCCC1C(C(C)(C)C)=NO2. The zero-order valence-electron chi connectivity index (χ0n) is 13.4. The highest BCUT2D eigenvalue weighted by Gasteiger charge is 2.60. The third-order valence-electron chi connectivity index (χ3n) is 3.97. The van der Waals surface area contributed by atoms with Crippen LogP contribution >= 0.6 is 0 Å². The molecule has 2 rings (SSSR count). The quantitative estimate of drug-likeness (QED) is 0.347. The van der Waals surface area contributed by atoms with E-state index in [-0.39, 0.29) is 11.3 Å². The van der Waals surface area contributed by atoms with Crippen LogP contribution in [0.15, 0.2) is 10.3 Å². The lowest BCUT2D eigenvalue weighted by Gasteiger charge is -2.26. The minimum Gasteiger partial charge on any atom is -0.479 e. The highest BCUT2D eigenvalue weighted by molar-refractivity contribution is 5.99. The fraction of sp³-hybridized carbons (Fsp3) is 0.800. The summed E-state index contributed by atoms with van der Waals surface area (Å²) in [6.07, 6.45) is 2.42. The molecule has 0 aromatic carbocycles. The minimum atomic E-state index is -1.00. The van der Waals surface area contributed by atoms with Crippen LogP contribution in [0.4, 0.5) is 0 Å². The maximum absolute atomic E-state index is 12.4. The summed E-state index contributed by atoms with van der Waals surface area (Å²) in [5, 5.41) is 7.90. The van der Waals surface area contributed by atoms with Gasteiger partial charge < -0.3 is 14.4 Å². The number of rotatable bonds is 3. The maximum Gasteiger partial charge on any atom is 0.381 e. The van der Waals surface area contributed by atoms with Crippen molar-refractivity contribution in [1.29, 1.82) is 0 Å². The summed E-state index contributed by atoms with van der Waals surface area (Å²) < 4.78 is 5.14. The largest absolute Gasteiger partial charge is 0.479 e. The van der Waals surface area contributed by atoms with Crippen LogP contribution in [-0.2, 0) is 19.2 Å². The lowest BCUT2D eigenvalue weighted by atomic mass is 9.76. The van der Waals surface area contributed by atoms with Crippen LogP contribution < -0.4 is 0 Å². The molecule has 0 amide bonds. The van der Waals surface area contributed by atoms with Gasteiger partial charge in [-0.2, -0.15) is 0 Å². The van der Waals surface area contributed by atoms with Gasteiger partial charge in [-0.1, -0.05) is 25.9 Å². The molecule has 6 nitrogen and oxygen atoms in total. The molecule has 118 valence electrons. The molecule has 6 heteroatoms. The Kier molecular flexibility index (Phi) is 4.25. The van der Waals surface area contributed by atoms with E-state index in [1.165, 1.54) is 0 Å². The Hall–Kier alpha value is -1.59. The molecule has 0 aromatic heterocycles. The number of ether oxygens (including phenoxy) is 1. The zero-order chi connectivity index (χ0) is 15.7. The van der Waals surface area contributed by atoms with Crippen molar-refractivity contribution in [2.75, 3.05) is 6.61 Å². The predicted octanol–water partition coefficient (Wildman–Crippen LogP) is 2.87. The van der Waals surface area contributed by atoms with E-state index in [0.717, 1.165) is 18.6 Å². The van der Waals surface area contributed by atoms with Crippen LogP contribution in [0.25, 0.3) is 0 Å². The van der Waals surface area contributed by atoms with E-state index in [0.29, 0.717) is 18.9 Å². The normalized spacial score (nSPS) is 28.7. The number of hydrogen-bond donors (Lipinski definition) is 0. The van der Waals surface area contributed by atoms with Gasteiger partial charge in [0.25, 0.3) is 0 Å². The van der Waals surface area contributed by atoms with Gasteiger partial charge in [-0.05, 0) is 24.9 Å². The van der Waals surface area contributed by atoms with Crippen LogP contribution in [0.2, 0.25) is 0 Å². The Bertz CT molecular complexity index is 479. The van der Waals surface area contributed by atoms with Crippen molar-refractivity contribution < 1.29 is 19.2 Å². The minimum absolute atomic E-state index is 0.0207. The summed E-state index contributed by atoms with van der Waals surface area (Å²) >= 11 is 0.